The van der Waals surface area contributed by atoms with Crippen molar-refractivity contribution in [3.63, 3.8) is 0 Å². The minimum Gasteiger partial charge on any atom is -0.398 e. The van der Waals surface area contributed by atoms with E-state index in [4.69, 9.17) is 14.3 Å². The number of hydrogen-bond acceptors (Lipinski definition) is 5. The number of nitrogens with one attached hydrogen (secondary N) is 1. The molecule has 0 bridgehead atoms. The highest BCUT2D eigenvalue weighted by molar-refractivity contribution is 6.45. The zero-order chi connectivity index (χ0) is 14.4. The van der Waals surface area contributed by atoms with Crippen LogP contribution in [0.2, 0.25) is 0 Å². The standard InChI is InChI=1S/C14H18N2O4/c1-15-13(17)12(16-18-2)10-6-3-4-7-11(10)14-19-8-5-9-20-14/h3-4,6-7,14H,5,8-9H2,1-2H3,(H,15,17). The monoisotopic (exact) mass is 278 g/mol. The summed E-state index contributed by atoms with van der Waals surface area (Å²) in [4.78, 5) is 16.7. The highest BCUT2D eigenvalue weighted by Gasteiger charge is 2.24. The molecule has 1 N–H and O–H groups in total. The Labute approximate surface area is 117 Å². The van der Waals surface area contributed by atoms with E-state index in [1.807, 2.05) is 18.2 Å². The summed E-state index contributed by atoms with van der Waals surface area (Å²) < 4.78 is 11.2. The molecule has 1 aromatic carbocycles. The normalized spacial score (nSPS) is 16.8. The zero-order valence-electron chi connectivity index (χ0n) is 11.6. The summed E-state index contributed by atoms with van der Waals surface area (Å²) in [6.07, 6.45) is 0.388. The minimum absolute atomic E-state index is 0.198. The first kappa shape index (κ1) is 14.5. The van der Waals surface area contributed by atoms with Crippen molar-refractivity contribution in [2.45, 2.75) is 12.7 Å². The molecule has 0 aliphatic carbocycles. The van der Waals surface area contributed by atoms with E-state index >= 15 is 0 Å². The van der Waals surface area contributed by atoms with E-state index in [-0.39, 0.29) is 11.6 Å². The maximum atomic E-state index is 11.9. The number of carbonyl (C=O) groups is 1. The van der Waals surface area contributed by atoms with E-state index in [1.165, 1.54) is 7.11 Å². The van der Waals surface area contributed by atoms with E-state index in [1.54, 1.807) is 13.1 Å². The number of nitrogens with zero attached hydrogens (tertiary/aromatic N) is 1. The number of hydrogen-bond donors (Lipinski definition) is 1. The molecule has 108 valence electrons. The molecule has 1 aliphatic heterocycles. The molecule has 6 heteroatoms. The summed E-state index contributed by atoms with van der Waals surface area (Å²) in [5.74, 6) is -0.324. The third-order valence-corrected chi connectivity index (χ3v) is 2.92. The first-order chi connectivity index (χ1) is 9.77. The first-order valence-electron chi connectivity index (χ1n) is 6.43. The van der Waals surface area contributed by atoms with Crippen LogP contribution < -0.4 is 5.32 Å². The van der Waals surface area contributed by atoms with Crippen LogP contribution >= 0.6 is 0 Å². The van der Waals surface area contributed by atoms with Crippen molar-refractivity contribution in [1.29, 1.82) is 0 Å². The fourth-order valence-electron chi connectivity index (χ4n) is 2.01. The lowest BCUT2D eigenvalue weighted by Gasteiger charge is -2.25. The SMILES string of the molecule is CNC(=O)C(=NOC)c1ccccc1C1OCCCO1. The van der Waals surface area contributed by atoms with Gasteiger partial charge in [0.1, 0.15) is 7.11 Å². The van der Waals surface area contributed by atoms with E-state index in [2.05, 4.69) is 10.5 Å². The maximum Gasteiger partial charge on any atom is 0.273 e. The molecule has 2 rings (SSSR count). The fourth-order valence-corrected chi connectivity index (χ4v) is 2.01. The van der Waals surface area contributed by atoms with Gasteiger partial charge in [0.05, 0.1) is 13.2 Å². The number of amides is 1. The molecule has 0 atom stereocenters. The number of rotatable bonds is 4. The van der Waals surface area contributed by atoms with Crippen LogP contribution in [0.25, 0.3) is 0 Å². The van der Waals surface area contributed by atoms with E-state index in [0.29, 0.717) is 18.8 Å². The van der Waals surface area contributed by atoms with Crippen molar-refractivity contribution in [3.8, 4) is 0 Å². The largest absolute Gasteiger partial charge is 0.398 e. The van der Waals surface area contributed by atoms with Gasteiger partial charge in [0.2, 0.25) is 0 Å². The van der Waals surface area contributed by atoms with Gasteiger partial charge in [-0.2, -0.15) is 0 Å². The zero-order valence-corrected chi connectivity index (χ0v) is 11.6. The topological polar surface area (TPSA) is 69.2 Å². The molecule has 1 amide bonds. The molecule has 0 saturated carbocycles. The average Bonchev–Trinajstić information content (AvgIpc) is 2.53. The second-order valence-electron chi connectivity index (χ2n) is 4.22. The molecule has 20 heavy (non-hydrogen) atoms. The van der Waals surface area contributed by atoms with Crippen LogP contribution in [0.3, 0.4) is 0 Å². The lowest BCUT2D eigenvalue weighted by molar-refractivity contribution is -0.183. The summed E-state index contributed by atoms with van der Waals surface area (Å²) in [6, 6.07) is 7.35. The van der Waals surface area contributed by atoms with Crippen LogP contribution in [0.4, 0.5) is 0 Å². The van der Waals surface area contributed by atoms with Crippen molar-refractivity contribution in [1.82, 2.24) is 5.32 Å². The Balaban J connectivity index is 2.39. The molecule has 6 nitrogen and oxygen atoms in total. The number of oxime groups is 1. The van der Waals surface area contributed by atoms with Gasteiger partial charge < -0.3 is 19.6 Å². The highest BCUT2D eigenvalue weighted by Crippen LogP contribution is 2.26. The van der Waals surface area contributed by atoms with Crippen LogP contribution in [0.1, 0.15) is 23.8 Å². The molecule has 1 saturated heterocycles. The molecule has 0 unspecified atom stereocenters. The molecule has 0 spiro atoms. The molecule has 0 aromatic heterocycles. The van der Waals surface area contributed by atoms with Crippen LogP contribution in [0.5, 0.6) is 0 Å². The van der Waals surface area contributed by atoms with Crippen LogP contribution in [-0.2, 0) is 19.1 Å². The van der Waals surface area contributed by atoms with Gasteiger partial charge >= 0.3 is 0 Å². The number of carbonyl (C=O) groups excluding carboxylic acids is 1. The van der Waals surface area contributed by atoms with Gasteiger partial charge in [0, 0.05) is 18.2 Å². The van der Waals surface area contributed by atoms with Crippen LogP contribution in [-0.4, -0.2) is 39.0 Å². The highest BCUT2D eigenvalue weighted by atomic mass is 16.7. The smallest absolute Gasteiger partial charge is 0.273 e. The van der Waals surface area contributed by atoms with Crippen molar-refractivity contribution in [2.24, 2.45) is 5.16 Å². The minimum atomic E-state index is -0.480. The third kappa shape index (κ3) is 3.15. The van der Waals surface area contributed by atoms with Crippen molar-refractivity contribution in [3.05, 3.63) is 35.4 Å². The molecule has 0 radical (unpaired) electrons. The van der Waals surface area contributed by atoms with Gasteiger partial charge in [-0.3, -0.25) is 4.79 Å². The summed E-state index contributed by atoms with van der Waals surface area (Å²) >= 11 is 0. The second kappa shape index (κ2) is 7.02. The van der Waals surface area contributed by atoms with Crippen molar-refractivity contribution >= 4 is 11.6 Å². The Kier molecular flexibility index (Phi) is 5.09. The molecular weight excluding hydrogens is 260 g/mol. The van der Waals surface area contributed by atoms with E-state index in [9.17, 15) is 4.79 Å². The maximum absolute atomic E-state index is 11.9. The van der Waals surface area contributed by atoms with Gasteiger partial charge in [0.15, 0.2) is 12.0 Å². The quantitative estimate of drug-likeness (QED) is 0.664. The van der Waals surface area contributed by atoms with Gasteiger partial charge in [-0.1, -0.05) is 29.4 Å². The Morgan fingerprint density at radius 2 is 2.05 bits per heavy atom. The van der Waals surface area contributed by atoms with Crippen LogP contribution in [0.15, 0.2) is 29.4 Å². The number of likely N-dealkylation sites (N-methyl/N-ethyl adjacent to an activating group) is 1. The van der Waals surface area contributed by atoms with Gasteiger partial charge in [-0.15, -0.1) is 0 Å². The Hall–Kier alpha value is -1.92. The first-order valence-corrected chi connectivity index (χ1v) is 6.43. The Morgan fingerprint density at radius 1 is 1.35 bits per heavy atom. The molecule has 1 aliphatic rings. The lowest BCUT2D eigenvalue weighted by Crippen LogP contribution is -2.30. The van der Waals surface area contributed by atoms with Gasteiger partial charge in [-0.25, -0.2) is 0 Å². The predicted octanol–water partition coefficient (Wildman–Crippen LogP) is 1.22. The van der Waals surface area contributed by atoms with Gasteiger partial charge in [-0.05, 0) is 6.42 Å². The Bertz CT molecular complexity index is 496. The van der Waals surface area contributed by atoms with Crippen molar-refractivity contribution < 1.29 is 19.1 Å². The molecule has 1 heterocycles. The predicted molar refractivity (Wildman–Crippen MR) is 73.3 cm³/mol. The summed E-state index contributed by atoms with van der Waals surface area (Å²) in [5.41, 5.74) is 1.61. The summed E-state index contributed by atoms with van der Waals surface area (Å²) in [7, 11) is 2.95. The second-order valence-corrected chi connectivity index (χ2v) is 4.22. The summed E-state index contributed by atoms with van der Waals surface area (Å²) in [6.45, 7) is 1.27. The lowest BCUT2D eigenvalue weighted by atomic mass is 10.0. The number of ether oxygens (including phenoxy) is 2. The summed E-state index contributed by atoms with van der Waals surface area (Å²) in [5, 5.41) is 6.36. The molecule has 1 fully saturated rings. The Morgan fingerprint density at radius 3 is 2.70 bits per heavy atom. The molecular formula is C14H18N2O4. The fraction of sp³-hybridized carbons (Fsp3) is 0.429. The van der Waals surface area contributed by atoms with E-state index in [0.717, 1.165) is 12.0 Å². The van der Waals surface area contributed by atoms with E-state index < -0.39 is 6.29 Å². The average molecular weight is 278 g/mol. The van der Waals surface area contributed by atoms with Crippen LogP contribution in [0, 0.1) is 0 Å². The molecule has 1 aromatic rings. The number of benzene rings is 1. The van der Waals surface area contributed by atoms with Crippen molar-refractivity contribution in [2.75, 3.05) is 27.4 Å². The van der Waals surface area contributed by atoms with Gasteiger partial charge in [0.25, 0.3) is 5.91 Å². The third-order valence-electron chi connectivity index (χ3n) is 2.92.